The molecular formula is C23H28BrClN2O3. The molecule has 0 heterocycles. The minimum Gasteiger partial charge on any atom is -0.483 e. The number of rotatable bonds is 10. The lowest BCUT2D eigenvalue weighted by Gasteiger charge is -2.30. The second-order valence-corrected chi connectivity index (χ2v) is 8.16. The molecule has 7 heteroatoms. The van der Waals surface area contributed by atoms with Gasteiger partial charge >= 0.3 is 0 Å². The average Bonchev–Trinajstić information content (AvgIpc) is 2.74. The number of ether oxygens (including phenoxy) is 1. The predicted octanol–water partition coefficient (Wildman–Crippen LogP) is 4.99. The summed E-state index contributed by atoms with van der Waals surface area (Å²) in [7, 11) is 0. The lowest BCUT2D eigenvalue weighted by Crippen LogP contribution is -2.50. The SMILES string of the molecule is CCNC(=O)[C@H](CC)N(Cc1ccc(Cl)cc1)C(=O)COc1ccc(CC)cc1Br. The zero-order valence-corrected chi connectivity index (χ0v) is 19.9. The third-order valence-corrected chi connectivity index (χ3v) is 5.63. The third kappa shape index (κ3) is 6.74. The number of likely N-dealkylation sites (N-methyl/N-ethyl adjacent to an activating group) is 1. The van der Waals surface area contributed by atoms with Crippen molar-refractivity contribution in [3.05, 3.63) is 63.1 Å². The standard InChI is InChI=1S/C23H28BrClN2O3/c1-4-16-9-12-21(19(24)13-16)30-15-22(28)27(20(5-2)23(29)26-6-3)14-17-7-10-18(25)11-8-17/h7-13,20H,4-6,14-15H2,1-3H3,(H,26,29)/t20-/m0/s1. The van der Waals surface area contributed by atoms with Gasteiger partial charge in [-0.25, -0.2) is 0 Å². The topological polar surface area (TPSA) is 58.6 Å². The molecule has 2 aromatic carbocycles. The van der Waals surface area contributed by atoms with Crippen molar-refractivity contribution in [1.82, 2.24) is 10.2 Å². The van der Waals surface area contributed by atoms with Crippen molar-refractivity contribution in [3.8, 4) is 5.75 Å². The highest BCUT2D eigenvalue weighted by Crippen LogP contribution is 2.26. The van der Waals surface area contributed by atoms with Crippen LogP contribution in [0.2, 0.25) is 5.02 Å². The highest BCUT2D eigenvalue weighted by atomic mass is 79.9. The van der Waals surface area contributed by atoms with Crippen molar-refractivity contribution >= 4 is 39.3 Å². The van der Waals surface area contributed by atoms with E-state index in [2.05, 4.69) is 28.2 Å². The molecule has 2 aromatic rings. The number of aryl methyl sites for hydroxylation is 1. The highest BCUT2D eigenvalue weighted by molar-refractivity contribution is 9.10. The van der Waals surface area contributed by atoms with Crippen LogP contribution in [-0.4, -0.2) is 35.9 Å². The first-order chi connectivity index (χ1) is 14.4. The van der Waals surface area contributed by atoms with Gasteiger partial charge in [0.2, 0.25) is 5.91 Å². The molecule has 30 heavy (non-hydrogen) atoms. The number of carbonyl (C=O) groups excluding carboxylic acids is 2. The molecule has 2 amide bonds. The maximum atomic E-state index is 13.1. The normalized spacial score (nSPS) is 11.6. The van der Waals surface area contributed by atoms with Gasteiger partial charge in [-0.2, -0.15) is 0 Å². The largest absolute Gasteiger partial charge is 0.483 e. The number of halogens is 2. The number of benzene rings is 2. The number of carbonyl (C=O) groups is 2. The van der Waals surface area contributed by atoms with Crippen LogP contribution in [0.15, 0.2) is 46.9 Å². The van der Waals surface area contributed by atoms with E-state index in [1.54, 1.807) is 17.0 Å². The summed E-state index contributed by atoms with van der Waals surface area (Å²) >= 11 is 9.47. The molecule has 1 atom stereocenters. The van der Waals surface area contributed by atoms with Crippen molar-refractivity contribution < 1.29 is 14.3 Å². The number of hydrogen-bond donors (Lipinski definition) is 1. The molecule has 5 nitrogen and oxygen atoms in total. The Kier molecular flexibility index (Phi) is 9.66. The average molecular weight is 496 g/mol. The van der Waals surface area contributed by atoms with Gasteiger partial charge < -0.3 is 15.0 Å². The van der Waals surface area contributed by atoms with Crippen molar-refractivity contribution in [2.45, 2.75) is 46.2 Å². The maximum Gasteiger partial charge on any atom is 0.261 e. The van der Waals surface area contributed by atoms with E-state index in [0.717, 1.165) is 16.5 Å². The zero-order chi connectivity index (χ0) is 22.1. The number of nitrogens with zero attached hydrogens (tertiary/aromatic N) is 1. The van der Waals surface area contributed by atoms with Gasteiger partial charge in [0.1, 0.15) is 11.8 Å². The molecular weight excluding hydrogens is 468 g/mol. The molecule has 0 saturated heterocycles. The minimum absolute atomic E-state index is 0.159. The van der Waals surface area contributed by atoms with Gasteiger partial charge in [0.15, 0.2) is 6.61 Å². The van der Waals surface area contributed by atoms with E-state index < -0.39 is 6.04 Å². The molecule has 0 aromatic heterocycles. The zero-order valence-electron chi connectivity index (χ0n) is 17.6. The first-order valence-corrected chi connectivity index (χ1v) is 11.3. The van der Waals surface area contributed by atoms with Crippen LogP contribution in [0.25, 0.3) is 0 Å². The second kappa shape index (κ2) is 12.0. The molecule has 0 aliphatic rings. The lowest BCUT2D eigenvalue weighted by molar-refractivity contribution is -0.142. The van der Waals surface area contributed by atoms with Crippen molar-refractivity contribution in [1.29, 1.82) is 0 Å². The van der Waals surface area contributed by atoms with Crippen LogP contribution in [0.3, 0.4) is 0 Å². The number of amides is 2. The molecule has 0 bridgehead atoms. The van der Waals surface area contributed by atoms with E-state index in [1.807, 2.05) is 44.2 Å². The van der Waals surface area contributed by atoms with E-state index in [0.29, 0.717) is 30.3 Å². The fraction of sp³-hybridized carbons (Fsp3) is 0.391. The minimum atomic E-state index is -0.581. The summed E-state index contributed by atoms with van der Waals surface area (Å²) in [5.74, 6) is 0.170. The Morgan fingerprint density at radius 1 is 1.10 bits per heavy atom. The van der Waals surface area contributed by atoms with E-state index in [4.69, 9.17) is 16.3 Å². The lowest BCUT2D eigenvalue weighted by atomic mass is 10.1. The summed E-state index contributed by atoms with van der Waals surface area (Å²) in [4.78, 5) is 27.3. The molecule has 0 aliphatic carbocycles. The fourth-order valence-electron chi connectivity index (χ4n) is 3.10. The molecule has 0 saturated carbocycles. The molecule has 0 aliphatic heterocycles. The van der Waals surface area contributed by atoms with Crippen molar-refractivity contribution in [2.75, 3.05) is 13.2 Å². The Labute approximate surface area is 191 Å². The molecule has 1 N–H and O–H groups in total. The summed E-state index contributed by atoms with van der Waals surface area (Å²) in [6.45, 7) is 6.47. The van der Waals surface area contributed by atoms with Crippen LogP contribution in [0.4, 0.5) is 0 Å². The van der Waals surface area contributed by atoms with Gasteiger partial charge in [0.05, 0.1) is 4.47 Å². The van der Waals surface area contributed by atoms with Gasteiger partial charge in [0, 0.05) is 18.1 Å². The Bertz CT molecular complexity index is 858. The molecule has 2 rings (SSSR count). The Balaban J connectivity index is 2.19. The predicted molar refractivity (Wildman–Crippen MR) is 124 cm³/mol. The van der Waals surface area contributed by atoms with E-state index in [-0.39, 0.29) is 18.4 Å². The van der Waals surface area contributed by atoms with E-state index >= 15 is 0 Å². The van der Waals surface area contributed by atoms with Gasteiger partial charge in [-0.05, 0) is 71.1 Å². The van der Waals surface area contributed by atoms with Gasteiger partial charge in [0.25, 0.3) is 5.91 Å². The van der Waals surface area contributed by atoms with Crippen LogP contribution in [-0.2, 0) is 22.6 Å². The second-order valence-electron chi connectivity index (χ2n) is 6.87. The first kappa shape index (κ1) is 24.2. The summed E-state index contributed by atoms with van der Waals surface area (Å²) in [6.07, 6.45) is 1.41. The quantitative estimate of drug-likeness (QED) is 0.505. The van der Waals surface area contributed by atoms with Crippen molar-refractivity contribution in [2.24, 2.45) is 0 Å². The molecule has 0 radical (unpaired) electrons. The number of hydrogen-bond acceptors (Lipinski definition) is 3. The van der Waals surface area contributed by atoms with Crippen LogP contribution in [0, 0.1) is 0 Å². The summed E-state index contributed by atoms with van der Waals surface area (Å²) in [6, 6.07) is 12.5. The van der Waals surface area contributed by atoms with Gasteiger partial charge in [-0.3, -0.25) is 9.59 Å². The smallest absolute Gasteiger partial charge is 0.261 e. The summed E-state index contributed by atoms with van der Waals surface area (Å²) in [5, 5.41) is 3.44. The first-order valence-electron chi connectivity index (χ1n) is 10.1. The van der Waals surface area contributed by atoms with Crippen LogP contribution >= 0.6 is 27.5 Å². The fourth-order valence-corrected chi connectivity index (χ4v) is 3.77. The molecule has 0 unspecified atom stereocenters. The molecule has 0 fully saturated rings. The summed E-state index contributed by atoms with van der Waals surface area (Å²) in [5.41, 5.74) is 2.07. The Morgan fingerprint density at radius 2 is 1.77 bits per heavy atom. The van der Waals surface area contributed by atoms with Gasteiger partial charge in [-0.15, -0.1) is 0 Å². The van der Waals surface area contributed by atoms with Crippen molar-refractivity contribution in [3.63, 3.8) is 0 Å². The van der Waals surface area contributed by atoms with Crippen LogP contribution < -0.4 is 10.1 Å². The van der Waals surface area contributed by atoms with E-state index in [1.165, 1.54) is 5.56 Å². The van der Waals surface area contributed by atoms with Gasteiger partial charge in [-0.1, -0.05) is 43.6 Å². The Morgan fingerprint density at radius 3 is 2.33 bits per heavy atom. The highest BCUT2D eigenvalue weighted by Gasteiger charge is 2.28. The third-order valence-electron chi connectivity index (χ3n) is 4.76. The maximum absolute atomic E-state index is 13.1. The summed E-state index contributed by atoms with van der Waals surface area (Å²) < 4.78 is 6.58. The molecule has 0 spiro atoms. The van der Waals surface area contributed by atoms with E-state index in [9.17, 15) is 9.59 Å². The number of nitrogens with one attached hydrogen (secondary N) is 1. The van der Waals surface area contributed by atoms with Crippen LogP contribution in [0.5, 0.6) is 5.75 Å². The Hall–Kier alpha value is -2.05. The van der Waals surface area contributed by atoms with Crippen LogP contribution in [0.1, 0.15) is 38.3 Å². The molecule has 162 valence electrons. The monoisotopic (exact) mass is 494 g/mol.